The first-order valence-electron chi connectivity index (χ1n) is 12.1. The molecule has 0 saturated carbocycles. The highest BCUT2D eigenvalue weighted by molar-refractivity contribution is 7.21. The zero-order chi connectivity index (χ0) is 23.8. The lowest BCUT2D eigenvalue weighted by molar-refractivity contribution is -0.121. The molecule has 0 radical (unpaired) electrons. The molecule has 1 aliphatic heterocycles. The molecule has 1 fully saturated rings. The fourth-order valence-corrected chi connectivity index (χ4v) is 5.81. The van der Waals surface area contributed by atoms with Crippen molar-refractivity contribution in [2.45, 2.75) is 26.3 Å². The molecule has 3 heterocycles. The highest BCUT2D eigenvalue weighted by Crippen LogP contribution is 2.31. The normalized spacial score (nSPS) is 15.1. The molecule has 35 heavy (non-hydrogen) atoms. The van der Waals surface area contributed by atoms with E-state index in [4.69, 9.17) is 4.98 Å². The van der Waals surface area contributed by atoms with Crippen LogP contribution in [0, 0.1) is 12.8 Å². The summed E-state index contributed by atoms with van der Waals surface area (Å²) in [6, 6.07) is 22.5. The van der Waals surface area contributed by atoms with Gasteiger partial charge in [0.25, 0.3) is 0 Å². The highest BCUT2D eigenvalue weighted by Gasteiger charge is 2.25. The molecule has 0 aliphatic carbocycles. The number of likely N-dealkylation sites (tertiary alicyclic amines) is 1. The van der Waals surface area contributed by atoms with Crippen molar-refractivity contribution in [1.82, 2.24) is 19.9 Å². The van der Waals surface area contributed by atoms with Crippen LogP contribution in [0.4, 0.5) is 5.69 Å². The fourth-order valence-electron chi connectivity index (χ4n) is 4.74. The van der Waals surface area contributed by atoms with E-state index in [0.717, 1.165) is 71.1 Å². The molecule has 0 bridgehead atoms. The predicted octanol–water partition coefficient (Wildman–Crippen LogP) is 6.00. The number of benzene rings is 3. The molecule has 176 valence electrons. The van der Waals surface area contributed by atoms with Crippen LogP contribution in [0.15, 0.2) is 66.7 Å². The lowest BCUT2D eigenvalue weighted by atomic mass is 9.95. The molecule has 1 aliphatic rings. The lowest BCUT2D eigenvalue weighted by Gasteiger charge is -2.30. The molecule has 2 aromatic heterocycles. The SMILES string of the molecule is Cc1ccc2nc(-c3ccc(NC(=O)C4CCN(Cc5nc6ccccc6[nH]5)CC4)cc3)sc2c1. The number of nitrogens with one attached hydrogen (secondary N) is 2. The zero-order valence-corrected chi connectivity index (χ0v) is 20.4. The summed E-state index contributed by atoms with van der Waals surface area (Å²) in [5.74, 6) is 1.13. The number of carbonyl (C=O) groups is 1. The third-order valence-electron chi connectivity index (χ3n) is 6.71. The Balaban J connectivity index is 1.04. The van der Waals surface area contributed by atoms with Gasteiger partial charge in [-0.1, -0.05) is 18.2 Å². The minimum absolute atomic E-state index is 0.0362. The second-order valence-electron chi connectivity index (χ2n) is 9.31. The van der Waals surface area contributed by atoms with E-state index in [2.05, 4.69) is 51.4 Å². The Hall–Kier alpha value is -3.55. The molecule has 2 N–H and O–H groups in total. The minimum atomic E-state index is 0.0362. The third-order valence-corrected chi connectivity index (χ3v) is 7.78. The maximum Gasteiger partial charge on any atom is 0.227 e. The van der Waals surface area contributed by atoms with Crippen molar-refractivity contribution >= 4 is 44.2 Å². The molecule has 6 nitrogen and oxygen atoms in total. The number of carbonyl (C=O) groups excluding carboxylic acids is 1. The highest BCUT2D eigenvalue weighted by atomic mass is 32.1. The number of hydrogen-bond donors (Lipinski definition) is 2. The predicted molar refractivity (Wildman–Crippen MR) is 143 cm³/mol. The van der Waals surface area contributed by atoms with Gasteiger partial charge >= 0.3 is 0 Å². The van der Waals surface area contributed by atoms with E-state index in [1.807, 2.05) is 42.5 Å². The zero-order valence-electron chi connectivity index (χ0n) is 19.6. The minimum Gasteiger partial charge on any atom is -0.341 e. The Labute approximate surface area is 208 Å². The summed E-state index contributed by atoms with van der Waals surface area (Å²) in [6.45, 7) is 4.67. The first kappa shape index (κ1) is 21.9. The maximum atomic E-state index is 12.9. The van der Waals surface area contributed by atoms with Crippen LogP contribution in [0.2, 0.25) is 0 Å². The standard InChI is InChI=1S/C28H27N5OS/c1-18-6-11-24-25(16-18)35-28(32-24)20-7-9-21(10-8-20)29-27(34)19-12-14-33(15-13-19)17-26-30-22-4-2-3-5-23(22)31-26/h2-11,16,19H,12-15,17H2,1H3,(H,29,34)(H,30,31). The first-order chi connectivity index (χ1) is 17.1. The summed E-state index contributed by atoms with van der Waals surface area (Å²) in [6.07, 6.45) is 1.71. The Kier molecular flexibility index (Phi) is 5.80. The van der Waals surface area contributed by atoms with Gasteiger partial charge in [0.1, 0.15) is 10.8 Å². The third kappa shape index (κ3) is 4.70. The van der Waals surface area contributed by atoms with Crippen molar-refractivity contribution in [3.05, 3.63) is 78.1 Å². The largest absolute Gasteiger partial charge is 0.341 e. The second-order valence-corrected chi connectivity index (χ2v) is 10.3. The number of piperidine rings is 1. The average molecular weight is 482 g/mol. The van der Waals surface area contributed by atoms with Crippen molar-refractivity contribution in [3.8, 4) is 10.6 Å². The van der Waals surface area contributed by atoms with Crippen LogP contribution in [0.5, 0.6) is 0 Å². The summed E-state index contributed by atoms with van der Waals surface area (Å²) < 4.78 is 1.20. The van der Waals surface area contributed by atoms with Gasteiger partial charge in [-0.05, 0) is 86.9 Å². The van der Waals surface area contributed by atoms with Crippen molar-refractivity contribution < 1.29 is 4.79 Å². The number of rotatable bonds is 5. The van der Waals surface area contributed by atoms with Crippen molar-refractivity contribution in [2.24, 2.45) is 5.92 Å². The number of aromatic nitrogens is 3. The first-order valence-corrected chi connectivity index (χ1v) is 12.9. The van der Waals surface area contributed by atoms with E-state index in [9.17, 15) is 4.79 Å². The number of anilines is 1. The van der Waals surface area contributed by atoms with Crippen molar-refractivity contribution in [3.63, 3.8) is 0 Å². The van der Waals surface area contributed by atoms with E-state index in [0.29, 0.717) is 0 Å². The second kappa shape index (κ2) is 9.24. The summed E-state index contributed by atoms with van der Waals surface area (Å²) in [5.41, 5.74) is 6.24. The van der Waals surface area contributed by atoms with Gasteiger partial charge in [0.15, 0.2) is 0 Å². The summed E-state index contributed by atoms with van der Waals surface area (Å²) >= 11 is 1.70. The van der Waals surface area contributed by atoms with Gasteiger partial charge in [-0.2, -0.15) is 0 Å². The molecule has 7 heteroatoms. The van der Waals surface area contributed by atoms with Gasteiger partial charge in [-0.15, -0.1) is 11.3 Å². The lowest BCUT2D eigenvalue weighted by Crippen LogP contribution is -2.38. The number of imidazole rings is 1. The number of para-hydroxylation sites is 2. The maximum absolute atomic E-state index is 12.9. The van der Waals surface area contributed by atoms with E-state index in [-0.39, 0.29) is 11.8 Å². The average Bonchev–Trinajstić information content (AvgIpc) is 3.48. The van der Waals surface area contributed by atoms with Gasteiger partial charge in [0, 0.05) is 17.2 Å². The fraction of sp³-hybridized carbons (Fsp3) is 0.250. The molecule has 0 atom stereocenters. The smallest absolute Gasteiger partial charge is 0.227 e. The van der Waals surface area contributed by atoms with E-state index in [1.54, 1.807) is 11.3 Å². The molecule has 0 spiro atoms. The van der Waals surface area contributed by atoms with Crippen LogP contribution < -0.4 is 5.32 Å². The Morgan fingerprint density at radius 1 is 1.03 bits per heavy atom. The number of hydrogen-bond acceptors (Lipinski definition) is 5. The molecule has 1 amide bonds. The topological polar surface area (TPSA) is 73.9 Å². The van der Waals surface area contributed by atoms with Crippen LogP contribution in [0.3, 0.4) is 0 Å². The Bertz CT molecular complexity index is 1460. The van der Waals surface area contributed by atoms with Gasteiger partial charge in [-0.25, -0.2) is 9.97 Å². The number of amides is 1. The van der Waals surface area contributed by atoms with E-state index in [1.165, 1.54) is 10.3 Å². The molecular formula is C28H27N5OS. The Morgan fingerprint density at radius 2 is 1.83 bits per heavy atom. The summed E-state index contributed by atoms with van der Waals surface area (Å²) in [7, 11) is 0. The molecule has 5 aromatic rings. The molecule has 0 unspecified atom stereocenters. The molecule has 6 rings (SSSR count). The van der Waals surface area contributed by atoms with Crippen LogP contribution >= 0.6 is 11.3 Å². The van der Waals surface area contributed by atoms with Crippen LogP contribution in [-0.4, -0.2) is 38.8 Å². The summed E-state index contributed by atoms with van der Waals surface area (Å²) in [4.78, 5) is 28.1. The molecule has 3 aromatic carbocycles. The number of aromatic amines is 1. The van der Waals surface area contributed by atoms with Crippen LogP contribution in [0.1, 0.15) is 24.2 Å². The number of nitrogens with zero attached hydrogens (tertiary/aromatic N) is 3. The van der Waals surface area contributed by atoms with Crippen LogP contribution in [-0.2, 0) is 11.3 Å². The number of thiazole rings is 1. The van der Waals surface area contributed by atoms with E-state index >= 15 is 0 Å². The van der Waals surface area contributed by atoms with Crippen molar-refractivity contribution in [2.75, 3.05) is 18.4 Å². The van der Waals surface area contributed by atoms with E-state index < -0.39 is 0 Å². The molecular weight excluding hydrogens is 454 g/mol. The van der Waals surface area contributed by atoms with Gasteiger partial charge in [-0.3, -0.25) is 9.69 Å². The Morgan fingerprint density at radius 3 is 2.63 bits per heavy atom. The van der Waals surface area contributed by atoms with Gasteiger partial charge in [0.2, 0.25) is 5.91 Å². The number of H-pyrrole nitrogens is 1. The van der Waals surface area contributed by atoms with Gasteiger partial charge in [0.05, 0.1) is 27.8 Å². The number of fused-ring (bicyclic) bond motifs is 2. The summed E-state index contributed by atoms with van der Waals surface area (Å²) in [5, 5.41) is 4.11. The number of aryl methyl sites for hydroxylation is 1. The molecule has 1 saturated heterocycles. The quantitative estimate of drug-likeness (QED) is 0.323. The van der Waals surface area contributed by atoms with Crippen LogP contribution in [0.25, 0.3) is 31.8 Å². The monoisotopic (exact) mass is 481 g/mol. The van der Waals surface area contributed by atoms with Gasteiger partial charge < -0.3 is 10.3 Å². The van der Waals surface area contributed by atoms with Crippen molar-refractivity contribution in [1.29, 1.82) is 0 Å².